The highest BCUT2D eigenvalue weighted by Crippen LogP contribution is 2.37. The van der Waals surface area contributed by atoms with E-state index in [2.05, 4.69) is 20.2 Å². The van der Waals surface area contributed by atoms with Crippen molar-refractivity contribution < 1.29 is 27.0 Å². The summed E-state index contributed by atoms with van der Waals surface area (Å²) in [6, 6.07) is 8.79. The second-order valence-corrected chi connectivity index (χ2v) is 10.8. The van der Waals surface area contributed by atoms with Crippen molar-refractivity contribution in [1.82, 2.24) is 24.7 Å². The highest BCUT2D eigenvalue weighted by Gasteiger charge is 2.35. The first-order chi connectivity index (χ1) is 17.7. The van der Waals surface area contributed by atoms with Gasteiger partial charge in [-0.3, -0.25) is 4.57 Å². The molecule has 11 nitrogen and oxygen atoms in total. The molecule has 37 heavy (non-hydrogen) atoms. The zero-order valence-corrected chi connectivity index (χ0v) is 22.3. The van der Waals surface area contributed by atoms with E-state index in [-0.39, 0.29) is 11.6 Å². The summed E-state index contributed by atoms with van der Waals surface area (Å²) in [6.07, 6.45) is 2.36. The van der Waals surface area contributed by atoms with E-state index in [0.29, 0.717) is 34.5 Å². The number of methoxy groups -OCH3 is 3. The maximum Gasteiger partial charge on any atom is 0.204 e. The number of benzene rings is 1. The van der Waals surface area contributed by atoms with E-state index in [1.54, 1.807) is 61.1 Å². The predicted molar refractivity (Wildman–Crippen MR) is 136 cm³/mol. The molecule has 2 atom stereocenters. The Bertz CT molecular complexity index is 1460. The van der Waals surface area contributed by atoms with Crippen molar-refractivity contribution in [2.75, 3.05) is 21.3 Å². The average Bonchev–Trinajstić information content (AvgIpc) is 3.50. The number of hydrogen-bond acceptors (Lipinski definition) is 10. The zero-order chi connectivity index (χ0) is 26.7. The Morgan fingerprint density at radius 3 is 2.16 bits per heavy atom. The van der Waals surface area contributed by atoms with Gasteiger partial charge in [0.1, 0.15) is 34.8 Å². The third kappa shape index (κ3) is 5.20. The maximum absolute atomic E-state index is 13.7. The van der Waals surface area contributed by atoms with Crippen LogP contribution in [0.5, 0.6) is 11.5 Å². The second-order valence-electron chi connectivity index (χ2n) is 8.48. The molecule has 4 aromatic rings. The molecule has 1 aromatic carbocycles. The minimum Gasteiger partial charge on any atom is -0.494 e. The van der Waals surface area contributed by atoms with E-state index in [1.807, 2.05) is 6.92 Å². The number of aryl methyl sites for hydroxylation is 2. The van der Waals surface area contributed by atoms with E-state index < -0.39 is 26.9 Å². The van der Waals surface area contributed by atoms with Crippen LogP contribution in [0, 0.1) is 13.8 Å². The molecular formula is C25H29N5O6S. The smallest absolute Gasteiger partial charge is 0.204 e. The lowest BCUT2D eigenvalue weighted by Gasteiger charge is -2.22. The first-order valence-electron chi connectivity index (χ1n) is 11.5. The average molecular weight is 528 g/mol. The lowest BCUT2D eigenvalue weighted by Crippen LogP contribution is -2.30. The van der Waals surface area contributed by atoms with Crippen LogP contribution in [0.4, 0.5) is 0 Å². The Morgan fingerprint density at radius 1 is 0.973 bits per heavy atom. The lowest BCUT2D eigenvalue weighted by atomic mass is 10.2. The summed E-state index contributed by atoms with van der Waals surface area (Å²) in [5.41, 5.74) is 1.30. The van der Waals surface area contributed by atoms with Gasteiger partial charge < -0.3 is 18.6 Å². The van der Waals surface area contributed by atoms with Crippen molar-refractivity contribution >= 4 is 9.84 Å². The normalized spacial score (nSPS) is 13.4. The van der Waals surface area contributed by atoms with Crippen LogP contribution in [0.2, 0.25) is 0 Å². The second kappa shape index (κ2) is 10.7. The van der Waals surface area contributed by atoms with Gasteiger partial charge in [0.05, 0.1) is 19.5 Å². The highest BCUT2D eigenvalue weighted by molar-refractivity contribution is 7.91. The molecule has 0 aliphatic carbocycles. The molecule has 196 valence electrons. The number of ether oxygens (including phenoxy) is 3. The van der Waals surface area contributed by atoms with Crippen molar-refractivity contribution in [3.8, 4) is 28.8 Å². The van der Waals surface area contributed by atoms with Gasteiger partial charge in [-0.25, -0.2) is 18.4 Å². The van der Waals surface area contributed by atoms with Crippen molar-refractivity contribution in [3.63, 3.8) is 0 Å². The molecule has 0 amide bonds. The summed E-state index contributed by atoms with van der Waals surface area (Å²) in [6.45, 7) is 5.22. The number of rotatable bonds is 10. The van der Waals surface area contributed by atoms with Crippen LogP contribution in [-0.2, 0) is 20.3 Å². The number of para-hydroxylation sites is 1. The number of aromatic nitrogens is 5. The van der Waals surface area contributed by atoms with Crippen LogP contribution in [0.15, 0.2) is 47.1 Å². The summed E-state index contributed by atoms with van der Waals surface area (Å²) in [5.74, 6) is 2.25. The van der Waals surface area contributed by atoms with Crippen LogP contribution in [0.25, 0.3) is 17.3 Å². The fourth-order valence-electron chi connectivity index (χ4n) is 3.97. The Morgan fingerprint density at radius 2 is 1.62 bits per heavy atom. The van der Waals surface area contributed by atoms with Crippen molar-refractivity contribution in [2.45, 2.75) is 37.9 Å². The van der Waals surface area contributed by atoms with Crippen LogP contribution in [-0.4, -0.2) is 59.7 Å². The molecule has 0 aliphatic rings. The van der Waals surface area contributed by atoms with Gasteiger partial charge in [-0.15, -0.1) is 10.2 Å². The van der Waals surface area contributed by atoms with Crippen LogP contribution in [0.1, 0.15) is 36.0 Å². The fraction of sp³-hybridized carbons (Fsp3) is 0.360. The van der Waals surface area contributed by atoms with Crippen LogP contribution in [0.3, 0.4) is 0 Å². The minimum atomic E-state index is -3.86. The summed E-state index contributed by atoms with van der Waals surface area (Å²) in [7, 11) is 0.606. The molecule has 3 heterocycles. The molecule has 3 aromatic heterocycles. The Labute approximate surface area is 215 Å². The van der Waals surface area contributed by atoms with E-state index in [0.717, 1.165) is 5.56 Å². The molecule has 4 rings (SSSR count). The van der Waals surface area contributed by atoms with E-state index in [9.17, 15) is 8.42 Å². The Kier molecular flexibility index (Phi) is 7.60. The first-order valence-corrected chi connectivity index (χ1v) is 13.2. The van der Waals surface area contributed by atoms with Gasteiger partial charge >= 0.3 is 0 Å². The highest BCUT2D eigenvalue weighted by atomic mass is 32.2. The molecule has 0 aliphatic heterocycles. The molecule has 0 N–H and O–H groups in total. The Balaban J connectivity index is 1.82. The first kappa shape index (κ1) is 26.3. The van der Waals surface area contributed by atoms with Crippen LogP contribution < -0.4 is 9.47 Å². The summed E-state index contributed by atoms with van der Waals surface area (Å²) in [5, 5.41) is 7.56. The molecule has 0 saturated heterocycles. The number of nitrogens with zero attached hydrogens (tertiary/aromatic N) is 5. The topological polar surface area (TPSA) is 131 Å². The summed E-state index contributed by atoms with van der Waals surface area (Å²) < 4.78 is 51.5. The van der Waals surface area contributed by atoms with Gasteiger partial charge in [-0.2, -0.15) is 0 Å². The fourth-order valence-corrected chi connectivity index (χ4v) is 5.39. The summed E-state index contributed by atoms with van der Waals surface area (Å²) in [4.78, 5) is 8.54. The van der Waals surface area contributed by atoms with E-state index in [4.69, 9.17) is 18.6 Å². The molecule has 0 bridgehead atoms. The third-order valence-corrected chi connectivity index (χ3v) is 7.99. The monoisotopic (exact) mass is 527 g/mol. The van der Waals surface area contributed by atoms with Crippen molar-refractivity contribution in [2.24, 2.45) is 0 Å². The number of furan rings is 1. The molecule has 0 fully saturated rings. The largest absolute Gasteiger partial charge is 0.494 e. The van der Waals surface area contributed by atoms with Gasteiger partial charge in [-0.1, -0.05) is 6.07 Å². The standard InChI is InChI=1S/C25H29N5O6S/c1-15-12-26-24(27-13-15)23(35-6)17(3)37(31,32)14-21-28-29-25(20-11-10-16(2)36-20)30(21)22-18(33-4)8-7-9-19(22)34-5/h7-13,17,23H,14H2,1-6H3/t17-,23-/m0/s1. The number of hydrogen-bond donors (Lipinski definition) is 0. The van der Waals surface area contributed by atoms with Gasteiger partial charge in [0, 0.05) is 19.5 Å². The van der Waals surface area contributed by atoms with Gasteiger partial charge in [0.2, 0.25) is 5.82 Å². The third-order valence-electron chi connectivity index (χ3n) is 5.95. The Hall–Kier alpha value is -3.77. The van der Waals surface area contributed by atoms with Gasteiger partial charge in [-0.05, 0) is 50.6 Å². The molecule has 0 saturated carbocycles. The lowest BCUT2D eigenvalue weighted by molar-refractivity contribution is 0.0947. The van der Waals surface area contributed by atoms with Gasteiger partial charge in [0.15, 0.2) is 27.2 Å². The minimum absolute atomic E-state index is 0.151. The molecule has 0 spiro atoms. The molecular weight excluding hydrogens is 498 g/mol. The predicted octanol–water partition coefficient (Wildman–Crippen LogP) is 3.64. The zero-order valence-electron chi connectivity index (χ0n) is 21.5. The molecule has 12 heteroatoms. The molecule has 0 radical (unpaired) electrons. The molecule has 0 unspecified atom stereocenters. The quantitative estimate of drug-likeness (QED) is 0.301. The van der Waals surface area contributed by atoms with E-state index in [1.165, 1.54) is 21.3 Å². The van der Waals surface area contributed by atoms with Crippen molar-refractivity contribution in [1.29, 1.82) is 0 Å². The van der Waals surface area contributed by atoms with Crippen LogP contribution >= 0.6 is 0 Å². The van der Waals surface area contributed by atoms with Gasteiger partial charge in [0.25, 0.3) is 0 Å². The summed E-state index contributed by atoms with van der Waals surface area (Å²) >= 11 is 0. The maximum atomic E-state index is 13.7. The number of sulfone groups is 1. The SMILES string of the molecule is COc1cccc(OC)c1-n1c(CS(=O)(=O)[C@@H](C)[C@H](OC)c2ncc(C)cn2)nnc1-c1ccc(C)o1. The van der Waals surface area contributed by atoms with Crippen molar-refractivity contribution in [3.05, 3.63) is 65.7 Å². The van der Waals surface area contributed by atoms with E-state index >= 15 is 0 Å².